The van der Waals surface area contributed by atoms with E-state index in [0.717, 1.165) is 150 Å². The van der Waals surface area contributed by atoms with Gasteiger partial charge >= 0.3 is 0 Å². The van der Waals surface area contributed by atoms with E-state index in [1.54, 1.807) is 0 Å². The molecule has 0 unspecified atom stereocenters. The predicted molar refractivity (Wildman–Crippen MR) is 434 cm³/mol. The molecular formula is C98H62N2O4. The first-order chi connectivity index (χ1) is 51.6. The second-order valence-electron chi connectivity index (χ2n) is 26.5. The van der Waals surface area contributed by atoms with Gasteiger partial charge in [-0.3, -0.25) is 0 Å². The Bertz CT molecular complexity index is 6800. The van der Waals surface area contributed by atoms with Crippen LogP contribution < -0.4 is 9.80 Å². The second-order valence-corrected chi connectivity index (χ2v) is 26.5. The van der Waals surface area contributed by atoms with Crippen LogP contribution in [0, 0.1) is 0 Å². The summed E-state index contributed by atoms with van der Waals surface area (Å²) < 4.78 is 27.3. The maximum absolute atomic E-state index is 6.90. The molecule has 104 heavy (non-hydrogen) atoms. The maximum atomic E-state index is 6.90. The topological polar surface area (TPSA) is 59.0 Å². The van der Waals surface area contributed by atoms with E-state index in [0.29, 0.717) is 0 Å². The Balaban J connectivity index is 0.000000139. The number of hydrogen-bond acceptors (Lipinski definition) is 6. The fourth-order valence-corrected chi connectivity index (χ4v) is 15.7. The Morgan fingerprint density at radius 2 is 0.490 bits per heavy atom. The Kier molecular flexibility index (Phi) is 14.5. The van der Waals surface area contributed by atoms with Gasteiger partial charge in [0.15, 0.2) is 11.2 Å². The van der Waals surface area contributed by atoms with Crippen molar-refractivity contribution in [2.24, 2.45) is 0 Å². The molecule has 0 spiro atoms. The molecule has 0 aliphatic carbocycles. The summed E-state index contributed by atoms with van der Waals surface area (Å²) in [6, 6.07) is 132. The standard InChI is InChI=1S/C52H33NO2.C46H29NO2/c1-3-11-34(12-4-1)36-19-21-37(22-20-36)39-25-30-42(31-26-39)53(41-28-23-38(24-29-41)35-13-5-2-6-14-35)45-33-48-51(50-44-17-9-10-18-46(44)55-52(45)50)49-43-16-8-7-15-40(43)27-32-47(49)54-48;1-3-13-30(14-4-1)31-23-26-34(27-24-31)47(38-21-11-9-18-35(38)32-15-5-2-6-16-32)39-29-42-45(44-37-20-10-12-22-40(37)49-46(39)44)43-36-19-8-7-17-33(36)25-28-41(43)48-42/h1-33H;1-29H. The van der Waals surface area contributed by atoms with Crippen LogP contribution in [-0.4, -0.2) is 0 Å². The molecule has 0 bridgehead atoms. The molecular weight excluding hydrogens is 1270 g/mol. The monoisotopic (exact) mass is 1330 g/mol. The minimum atomic E-state index is 0.817. The first kappa shape index (κ1) is 60.1. The van der Waals surface area contributed by atoms with Crippen molar-refractivity contribution in [1.29, 1.82) is 0 Å². The highest BCUT2D eigenvalue weighted by molar-refractivity contribution is 6.34. The summed E-state index contributed by atoms with van der Waals surface area (Å²) >= 11 is 0. The summed E-state index contributed by atoms with van der Waals surface area (Å²) in [6.07, 6.45) is 0. The van der Waals surface area contributed by atoms with Gasteiger partial charge in [0.2, 0.25) is 0 Å². The van der Waals surface area contributed by atoms with Crippen LogP contribution in [0.2, 0.25) is 0 Å². The predicted octanol–water partition coefficient (Wildman–Crippen LogP) is 28.6. The molecule has 0 aliphatic heterocycles. The zero-order valence-electron chi connectivity index (χ0n) is 56.3. The molecule has 0 aliphatic rings. The molecule has 0 amide bonds. The van der Waals surface area contributed by atoms with E-state index in [1.807, 2.05) is 12.1 Å². The quantitative estimate of drug-likeness (QED) is 0.129. The van der Waals surface area contributed by atoms with Crippen molar-refractivity contribution in [2.75, 3.05) is 9.80 Å². The lowest BCUT2D eigenvalue weighted by atomic mass is 9.98. The fraction of sp³-hybridized carbons (Fsp3) is 0. The third kappa shape index (κ3) is 10.3. The molecule has 4 heterocycles. The normalized spacial score (nSPS) is 11.7. The lowest BCUT2D eigenvalue weighted by molar-refractivity contribution is 0.663. The largest absolute Gasteiger partial charge is 0.456 e. The number of furan rings is 4. The third-order valence-electron chi connectivity index (χ3n) is 20.5. The Morgan fingerprint density at radius 3 is 0.913 bits per heavy atom. The molecule has 0 saturated heterocycles. The van der Waals surface area contributed by atoms with Crippen LogP contribution in [0.15, 0.2) is 394 Å². The van der Waals surface area contributed by atoms with Crippen LogP contribution in [0.25, 0.3) is 165 Å². The van der Waals surface area contributed by atoms with E-state index in [2.05, 4.69) is 374 Å². The van der Waals surface area contributed by atoms with E-state index in [4.69, 9.17) is 17.7 Å². The van der Waals surface area contributed by atoms with Crippen molar-refractivity contribution in [3.63, 3.8) is 0 Å². The van der Waals surface area contributed by atoms with E-state index in [1.165, 1.54) is 49.4 Å². The molecule has 0 N–H and O–H groups in total. The van der Waals surface area contributed by atoms with Gasteiger partial charge in [-0.15, -0.1) is 0 Å². The lowest BCUT2D eigenvalue weighted by Gasteiger charge is -2.28. The molecule has 0 saturated carbocycles. The number of anilines is 6. The van der Waals surface area contributed by atoms with Gasteiger partial charge in [-0.1, -0.05) is 297 Å². The summed E-state index contributed by atoms with van der Waals surface area (Å²) in [5, 5.41) is 13.3. The van der Waals surface area contributed by atoms with Crippen molar-refractivity contribution in [3.05, 3.63) is 376 Å². The minimum absolute atomic E-state index is 0.817. The van der Waals surface area contributed by atoms with Gasteiger partial charge in [0.25, 0.3) is 0 Å². The fourth-order valence-electron chi connectivity index (χ4n) is 15.7. The van der Waals surface area contributed by atoms with Crippen molar-refractivity contribution in [1.82, 2.24) is 0 Å². The van der Waals surface area contributed by atoms with Gasteiger partial charge < -0.3 is 27.5 Å². The molecule has 4 aromatic heterocycles. The SMILES string of the molecule is c1ccc(-c2ccc(-c3ccc(N(c4ccc(-c5ccccc5)cc4)c4cc5oc6ccc7ccccc7c6c5c5c4oc4ccccc45)cc3)cc2)cc1.c1ccc(-c2ccc(N(c3ccccc3-c3ccccc3)c3cc4oc5ccc6ccccc6c5c4c4c3oc3ccccc34)cc2)cc1. The molecule has 21 aromatic rings. The maximum Gasteiger partial charge on any atom is 0.160 e. The molecule has 0 radical (unpaired) electrons. The first-order valence-corrected chi connectivity index (χ1v) is 35.3. The summed E-state index contributed by atoms with van der Waals surface area (Å²) in [6.45, 7) is 0. The molecule has 6 nitrogen and oxygen atoms in total. The van der Waals surface area contributed by atoms with Crippen molar-refractivity contribution in [2.45, 2.75) is 0 Å². The van der Waals surface area contributed by atoms with Crippen LogP contribution in [-0.2, 0) is 0 Å². The Morgan fingerprint density at radius 1 is 0.173 bits per heavy atom. The number of fused-ring (bicyclic) bond motifs is 18. The van der Waals surface area contributed by atoms with Crippen LogP contribution in [0.1, 0.15) is 0 Å². The van der Waals surface area contributed by atoms with Gasteiger partial charge in [0.1, 0.15) is 33.5 Å². The van der Waals surface area contributed by atoms with Crippen molar-refractivity contribution < 1.29 is 17.7 Å². The molecule has 0 atom stereocenters. The van der Waals surface area contributed by atoms with E-state index in [-0.39, 0.29) is 0 Å². The zero-order valence-corrected chi connectivity index (χ0v) is 56.3. The first-order valence-electron chi connectivity index (χ1n) is 35.3. The second kappa shape index (κ2) is 25.0. The molecule has 488 valence electrons. The summed E-state index contributed by atoms with van der Waals surface area (Å²) in [5.74, 6) is 0. The van der Waals surface area contributed by atoms with E-state index >= 15 is 0 Å². The number of rotatable bonds is 11. The summed E-state index contributed by atoms with van der Waals surface area (Å²) in [7, 11) is 0. The van der Waals surface area contributed by atoms with E-state index < -0.39 is 0 Å². The lowest BCUT2D eigenvalue weighted by Crippen LogP contribution is -2.11. The van der Waals surface area contributed by atoms with Crippen LogP contribution in [0.4, 0.5) is 34.1 Å². The van der Waals surface area contributed by atoms with Crippen LogP contribution >= 0.6 is 0 Å². The minimum Gasteiger partial charge on any atom is -0.456 e. The van der Waals surface area contributed by atoms with Crippen molar-refractivity contribution in [3.8, 4) is 55.6 Å². The van der Waals surface area contributed by atoms with Gasteiger partial charge in [0, 0.05) is 77.8 Å². The average Bonchev–Trinajstić information content (AvgIpc) is 1.55. The highest BCUT2D eigenvalue weighted by atomic mass is 16.3. The van der Waals surface area contributed by atoms with Crippen LogP contribution in [0.3, 0.4) is 0 Å². The molecule has 0 fully saturated rings. The van der Waals surface area contributed by atoms with Gasteiger partial charge in [-0.25, -0.2) is 0 Å². The van der Waals surface area contributed by atoms with Gasteiger partial charge in [-0.05, 0) is 138 Å². The molecule has 17 aromatic carbocycles. The highest BCUT2D eigenvalue weighted by Gasteiger charge is 2.29. The number of nitrogens with zero attached hydrogens (tertiary/aromatic N) is 2. The third-order valence-corrected chi connectivity index (χ3v) is 20.5. The Hall–Kier alpha value is -13.9. The number of hydrogen-bond donors (Lipinski definition) is 0. The number of benzene rings is 17. The zero-order chi connectivity index (χ0) is 68.6. The van der Waals surface area contributed by atoms with E-state index in [9.17, 15) is 0 Å². The summed E-state index contributed by atoms with van der Waals surface area (Å²) in [4.78, 5) is 4.62. The molecule has 6 heteroatoms. The van der Waals surface area contributed by atoms with Crippen LogP contribution in [0.5, 0.6) is 0 Å². The summed E-state index contributed by atoms with van der Waals surface area (Å²) in [5.41, 5.74) is 24.3. The van der Waals surface area contributed by atoms with Crippen molar-refractivity contribution >= 4 is 143 Å². The highest BCUT2D eigenvalue weighted by Crippen LogP contribution is 2.53. The average molecular weight is 1330 g/mol. The molecule has 21 rings (SSSR count). The van der Waals surface area contributed by atoms with Gasteiger partial charge in [0.05, 0.1) is 17.1 Å². The Labute approximate surface area is 599 Å². The van der Waals surface area contributed by atoms with Gasteiger partial charge in [-0.2, -0.15) is 0 Å². The smallest absolute Gasteiger partial charge is 0.160 e. The number of para-hydroxylation sites is 3.